The van der Waals surface area contributed by atoms with Crippen LogP contribution in [-0.2, 0) is 14.4 Å². The van der Waals surface area contributed by atoms with E-state index in [0.29, 0.717) is 19.3 Å². The fourth-order valence-electron chi connectivity index (χ4n) is 7.20. The van der Waals surface area contributed by atoms with Gasteiger partial charge in [-0.05, 0) is 111 Å². The van der Waals surface area contributed by atoms with Crippen molar-refractivity contribution in [2.24, 2.45) is 22.2 Å². The fourth-order valence-corrected chi connectivity index (χ4v) is 7.20. The maximum atomic E-state index is 15.2. The number of aliphatic hydroxyl groups excluding tert-OH is 1. The molecule has 2 aliphatic rings. The summed E-state index contributed by atoms with van der Waals surface area (Å²) in [7, 11) is 0. The molecule has 244 valence electrons. The number of aromatic hydroxyl groups is 3. The highest BCUT2D eigenvalue weighted by Gasteiger charge is 2.74. The van der Waals surface area contributed by atoms with E-state index >= 15 is 9.59 Å². The number of rotatable bonds is 10. The topological polar surface area (TPSA) is 132 Å². The van der Waals surface area contributed by atoms with Gasteiger partial charge >= 0.3 is 0 Å². The number of phenolic OH excluding ortho intramolecular Hbond substituents is 3. The van der Waals surface area contributed by atoms with Crippen LogP contribution in [0.15, 0.2) is 64.3 Å². The molecule has 2 unspecified atom stereocenters. The highest BCUT2D eigenvalue weighted by Crippen LogP contribution is 2.67. The van der Waals surface area contributed by atoms with Crippen molar-refractivity contribution < 1.29 is 34.8 Å². The van der Waals surface area contributed by atoms with Crippen molar-refractivity contribution in [2.75, 3.05) is 0 Å². The lowest BCUT2D eigenvalue weighted by Crippen LogP contribution is -2.70. The van der Waals surface area contributed by atoms with E-state index in [1.165, 1.54) is 0 Å². The second kappa shape index (κ2) is 13.2. The Morgan fingerprint density at radius 1 is 0.756 bits per heavy atom. The largest absolute Gasteiger partial charge is 0.507 e. The van der Waals surface area contributed by atoms with Gasteiger partial charge in [-0.15, -0.1) is 0 Å². The predicted molar refractivity (Wildman–Crippen MR) is 178 cm³/mol. The molecule has 4 atom stereocenters. The molecule has 45 heavy (non-hydrogen) atoms. The van der Waals surface area contributed by atoms with Crippen LogP contribution in [0.1, 0.15) is 106 Å². The molecule has 2 bridgehead atoms. The standard InChI is InChI=1S/C38H50O7/c1-22(2)11-10-16-36(9)26(13-12-23(3)4)21-37(17-14-24(5)6)33(43)31(32(42)27-19-29(40)30(41)20-28(27)39)34(44)38(36,35(37)45)18-15-25(7)8/h11-12,14-15,19-20,26,39-42H,10,13,16-18,21H2,1-9H3/b32-31-/t26-,36+,37?,38?/m0/s1. The summed E-state index contributed by atoms with van der Waals surface area (Å²) in [6.07, 6.45) is 9.93. The van der Waals surface area contributed by atoms with Crippen LogP contribution in [0.4, 0.5) is 0 Å². The van der Waals surface area contributed by atoms with Crippen molar-refractivity contribution in [3.05, 3.63) is 69.9 Å². The summed E-state index contributed by atoms with van der Waals surface area (Å²) in [5.41, 5.74) is -1.14. The van der Waals surface area contributed by atoms with Gasteiger partial charge < -0.3 is 20.4 Å². The molecule has 1 aromatic rings. The van der Waals surface area contributed by atoms with Crippen LogP contribution in [0.25, 0.3) is 5.76 Å². The number of phenols is 3. The molecule has 2 aliphatic carbocycles. The van der Waals surface area contributed by atoms with Gasteiger partial charge in [0, 0.05) is 6.07 Å². The van der Waals surface area contributed by atoms with Crippen molar-refractivity contribution >= 4 is 23.1 Å². The zero-order valence-electron chi connectivity index (χ0n) is 28.3. The molecule has 0 spiro atoms. The Balaban J connectivity index is 2.54. The van der Waals surface area contributed by atoms with Crippen LogP contribution in [0.3, 0.4) is 0 Å². The average Bonchev–Trinajstić information content (AvgIpc) is 2.93. The Labute approximate surface area is 267 Å². The van der Waals surface area contributed by atoms with Crippen LogP contribution in [0, 0.1) is 22.2 Å². The summed E-state index contributed by atoms with van der Waals surface area (Å²) in [5.74, 6) is -4.89. The van der Waals surface area contributed by atoms with Gasteiger partial charge in [-0.1, -0.05) is 53.5 Å². The van der Waals surface area contributed by atoms with Crippen LogP contribution >= 0.6 is 0 Å². The Kier molecular flexibility index (Phi) is 10.5. The normalized spacial score (nSPS) is 27.0. The Hall–Kier alpha value is -3.87. The predicted octanol–water partition coefficient (Wildman–Crippen LogP) is 8.61. The van der Waals surface area contributed by atoms with Crippen LogP contribution < -0.4 is 0 Å². The second-order valence-corrected chi connectivity index (χ2v) is 14.2. The maximum absolute atomic E-state index is 15.2. The first-order valence-electron chi connectivity index (χ1n) is 15.7. The van der Waals surface area contributed by atoms with E-state index in [2.05, 4.69) is 12.2 Å². The number of benzene rings is 1. The van der Waals surface area contributed by atoms with E-state index in [1.54, 1.807) is 0 Å². The number of aliphatic hydroxyl groups is 1. The van der Waals surface area contributed by atoms with E-state index in [4.69, 9.17) is 0 Å². The molecule has 3 rings (SSSR count). The van der Waals surface area contributed by atoms with Gasteiger partial charge in [-0.3, -0.25) is 14.4 Å². The van der Waals surface area contributed by atoms with E-state index in [-0.39, 0.29) is 30.7 Å². The monoisotopic (exact) mass is 618 g/mol. The molecule has 0 aliphatic heterocycles. The zero-order valence-corrected chi connectivity index (χ0v) is 28.3. The van der Waals surface area contributed by atoms with Crippen molar-refractivity contribution in [2.45, 2.75) is 101 Å². The molecular weight excluding hydrogens is 568 g/mol. The molecule has 0 amide bonds. The average molecular weight is 619 g/mol. The van der Waals surface area contributed by atoms with E-state index in [1.807, 2.05) is 74.5 Å². The van der Waals surface area contributed by atoms with Crippen LogP contribution in [-0.4, -0.2) is 37.8 Å². The molecule has 4 N–H and O–H groups in total. The molecule has 2 saturated carbocycles. The molecule has 0 saturated heterocycles. The third kappa shape index (κ3) is 6.31. The van der Waals surface area contributed by atoms with Gasteiger partial charge in [-0.25, -0.2) is 0 Å². The molecule has 0 radical (unpaired) electrons. The van der Waals surface area contributed by atoms with Crippen molar-refractivity contribution in [3.8, 4) is 17.2 Å². The van der Waals surface area contributed by atoms with Gasteiger partial charge in [0.15, 0.2) is 28.8 Å². The number of hydrogen-bond acceptors (Lipinski definition) is 7. The van der Waals surface area contributed by atoms with Gasteiger partial charge in [0.1, 0.15) is 22.5 Å². The summed E-state index contributed by atoms with van der Waals surface area (Å²) in [5, 5.41) is 42.5. The first kappa shape index (κ1) is 35.6. The summed E-state index contributed by atoms with van der Waals surface area (Å²) in [4.78, 5) is 45.0. The molecule has 7 heteroatoms. The number of fused-ring (bicyclic) bond motifs is 2. The summed E-state index contributed by atoms with van der Waals surface area (Å²) in [6, 6.07) is 1.75. The van der Waals surface area contributed by atoms with Crippen molar-refractivity contribution in [1.82, 2.24) is 0 Å². The quantitative estimate of drug-likeness (QED) is 0.0392. The lowest BCUT2D eigenvalue weighted by Gasteiger charge is -2.61. The Bertz CT molecular complexity index is 1540. The molecule has 0 aromatic heterocycles. The number of hydrogen-bond donors (Lipinski definition) is 4. The van der Waals surface area contributed by atoms with Crippen molar-refractivity contribution in [1.29, 1.82) is 0 Å². The van der Waals surface area contributed by atoms with Crippen LogP contribution in [0.5, 0.6) is 17.2 Å². The van der Waals surface area contributed by atoms with Gasteiger partial charge in [0.05, 0.1) is 11.0 Å². The smallest absolute Gasteiger partial charge is 0.184 e. The number of allylic oxidation sites excluding steroid dienone is 9. The van der Waals surface area contributed by atoms with Gasteiger partial charge in [-0.2, -0.15) is 0 Å². The van der Waals surface area contributed by atoms with E-state index < -0.39 is 62.2 Å². The highest BCUT2D eigenvalue weighted by atomic mass is 16.3. The number of Topliss-reactive ketones (excluding diaryl/α,β-unsaturated/α-hetero) is 3. The molecule has 2 fully saturated rings. The highest BCUT2D eigenvalue weighted by molar-refractivity contribution is 6.41. The fraction of sp³-hybridized carbons (Fsp3) is 0.500. The van der Waals surface area contributed by atoms with E-state index in [0.717, 1.165) is 34.4 Å². The minimum atomic E-state index is -1.69. The Morgan fingerprint density at radius 2 is 1.29 bits per heavy atom. The van der Waals surface area contributed by atoms with E-state index in [9.17, 15) is 25.2 Å². The van der Waals surface area contributed by atoms with Gasteiger partial charge in [0.25, 0.3) is 0 Å². The summed E-state index contributed by atoms with van der Waals surface area (Å²) < 4.78 is 0. The summed E-state index contributed by atoms with van der Waals surface area (Å²) in [6.45, 7) is 17.6. The molecule has 0 heterocycles. The number of carbonyl (C=O) groups excluding carboxylic acids is 3. The number of ketones is 3. The molecule has 7 nitrogen and oxygen atoms in total. The SMILES string of the molecule is CC(C)=CCC[C@]1(C)[C@@H](CC=C(C)C)CC2(CC=C(C)C)C(=O)/C(=C(/O)c3cc(O)c(O)cc3O)C(=O)C1(CC=C(C)C)C2=O. The van der Waals surface area contributed by atoms with Crippen LogP contribution in [0.2, 0.25) is 0 Å². The third-order valence-corrected chi connectivity index (χ3v) is 9.86. The number of carbonyl (C=O) groups is 3. The Morgan fingerprint density at radius 3 is 1.84 bits per heavy atom. The van der Waals surface area contributed by atoms with Gasteiger partial charge in [0.2, 0.25) is 0 Å². The minimum absolute atomic E-state index is 0.0527. The van der Waals surface area contributed by atoms with Crippen molar-refractivity contribution in [3.63, 3.8) is 0 Å². The molecular formula is C38H50O7. The lowest BCUT2D eigenvalue weighted by atomic mass is 9.37. The molecule has 1 aromatic carbocycles. The lowest BCUT2D eigenvalue weighted by molar-refractivity contribution is -0.178. The minimum Gasteiger partial charge on any atom is -0.507 e. The maximum Gasteiger partial charge on any atom is 0.184 e. The second-order valence-electron chi connectivity index (χ2n) is 14.2. The third-order valence-electron chi connectivity index (χ3n) is 9.86. The first-order chi connectivity index (χ1) is 20.9. The summed E-state index contributed by atoms with van der Waals surface area (Å²) >= 11 is 0. The first-order valence-corrected chi connectivity index (χ1v) is 15.7. The zero-order chi connectivity index (χ0) is 34.1.